The number of primary amides is 1. The molecule has 2 heterocycles. The molecule has 0 bridgehead atoms. The fourth-order valence-electron chi connectivity index (χ4n) is 2.66. The van der Waals surface area contributed by atoms with E-state index in [1.54, 1.807) is 11.3 Å². The van der Waals surface area contributed by atoms with Crippen molar-refractivity contribution in [1.82, 2.24) is 15.3 Å². The monoisotopic (exact) mass is 336 g/mol. The molecule has 2 aromatic rings. The summed E-state index contributed by atoms with van der Waals surface area (Å²) < 4.78 is 0. The number of urea groups is 1. The number of thioether (sulfide) groups is 1. The normalized spacial score (nSPS) is 17.2. The first kappa shape index (κ1) is 15.2. The summed E-state index contributed by atoms with van der Waals surface area (Å²) in [7, 11) is 0. The number of carbonyl (C=O) groups excluding carboxylic acids is 2. The van der Waals surface area contributed by atoms with Crippen LogP contribution in [0.4, 0.5) is 4.79 Å². The van der Waals surface area contributed by atoms with Gasteiger partial charge in [-0.2, -0.15) is 0 Å². The smallest absolute Gasteiger partial charge is 0.318 e. The standard InChI is InChI=1S/C14H16N4O2S2/c1-7-2-3-8-9(4-7)22-13-11(8)12(16-6-17-13)21-5-10(19)18-14(15)20/h6-7H,2-5H2,1H3,(H3,15,18,19,20)/t7-/m1/s1. The van der Waals surface area contributed by atoms with E-state index in [0.717, 1.165) is 28.1 Å². The average molecular weight is 336 g/mol. The third-order valence-corrected chi connectivity index (χ3v) is 5.81. The number of amides is 3. The van der Waals surface area contributed by atoms with E-state index in [0.29, 0.717) is 5.92 Å². The van der Waals surface area contributed by atoms with E-state index >= 15 is 0 Å². The minimum atomic E-state index is -0.833. The Morgan fingerprint density at radius 1 is 1.50 bits per heavy atom. The third-order valence-electron chi connectivity index (χ3n) is 3.66. The number of imide groups is 1. The molecule has 0 aliphatic heterocycles. The molecular formula is C14H16N4O2S2. The predicted octanol–water partition coefficient (Wildman–Crippen LogP) is 2.10. The Balaban J connectivity index is 1.87. The van der Waals surface area contributed by atoms with Crippen molar-refractivity contribution in [3.63, 3.8) is 0 Å². The van der Waals surface area contributed by atoms with Crippen LogP contribution in [0, 0.1) is 5.92 Å². The van der Waals surface area contributed by atoms with E-state index < -0.39 is 11.9 Å². The van der Waals surface area contributed by atoms with E-state index in [9.17, 15) is 9.59 Å². The number of carbonyl (C=O) groups is 2. The number of fused-ring (bicyclic) bond motifs is 3. The van der Waals surface area contributed by atoms with Crippen LogP contribution in [-0.2, 0) is 17.6 Å². The zero-order valence-electron chi connectivity index (χ0n) is 12.1. The fraction of sp³-hybridized carbons (Fsp3) is 0.429. The quantitative estimate of drug-likeness (QED) is 0.661. The number of nitrogens with two attached hydrogens (primary N) is 1. The average Bonchev–Trinajstić information content (AvgIpc) is 2.82. The molecule has 6 nitrogen and oxygen atoms in total. The van der Waals surface area contributed by atoms with Crippen molar-refractivity contribution in [1.29, 1.82) is 0 Å². The SMILES string of the molecule is C[C@@H]1CCc2c(sc3ncnc(SCC(=O)NC(N)=O)c23)C1. The topological polar surface area (TPSA) is 98.0 Å². The van der Waals surface area contributed by atoms with Gasteiger partial charge in [-0.05, 0) is 30.7 Å². The molecule has 1 aliphatic carbocycles. The van der Waals surface area contributed by atoms with Gasteiger partial charge < -0.3 is 5.73 Å². The van der Waals surface area contributed by atoms with Crippen LogP contribution in [-0.4, -0.2) is 27.7 Å². The minimum absolute atomic E-state index is 0.107. The van der Waals surface area contributed by atoms with Gasteiger partial charge in [0.15, 0.2) is 0 Å². The number of aryl methyl sites for hydroxylation is 1. The van der Waals surface area contributed by atoms with Crippen LogP contribution in [0.1, 0.15) is 23.8 Å². The maximum absolute atomic E-state index is 11.6. The van der Waals surface area contributed by atoms with Gasteiger partial charge in [-0.15, -0.1) is 11.3 Å². The molecule has 0 saturated heterocycles. The molecule has 8 heteroatoms. The molecule has 2 aromatic heterocycles. The second-order valence-corrected chi connectivity index (χ2v) is 7.46. The Bertz CT molecular complexity index is 744. The molecule has 0 radical (unpaired) electrons. The predicted molar refractivity (Wildman–Crippen MR) is 87.1 cm³/mol. The zero-order chi connectivity index (χ0) is 15.7. The van der Waals surface area contributed by atoms with Gasteiger partial charge in [-0.25, -0.2) is 14.8 Å². The first-order chi connectivity index (χ1) is 10.5. The van der Waals surface area contributed by atoms with Crippen molar-refractivity contribution in [2.75, 3.05) is 5.75 Å². The highest BCUT2D eigenvalue weighted by Crippen LogP contribution is 2.40. The highest BCUT2D eigenvalue weighted by atomic mass is 32.2. The lowest BCUT2D eigenvalue weighted by molar-refractivity contribution is -0.117. The molecule has 0 spiro atoms. The van der Waals surface area contributed by atoms with Gasteiger partial charge in [0.2, 0.25) is 5.91 Å². The summed E-state index contributed by atoms with van der Waals surface area (Å²) in [5.41, 5.74) is 6.27. The molecule has 0 saturated carbocycles. The Morgan fingerprint density at radius 3 is 3.09 bits per heavy atom. The van der Waals surface area contributed by atoms with E-state index in [2.05, 4.69) is 22.2 Å². The summed E-state index contributed by atoms with van der Waals surface area (Å²) in [5.74, 6) is 0.392. The van der Waals surface area contributed by atoms with Gasteiger partial charge in [0, 0.05) is 10.3 Å². The van der Waals surface area contributed by atoms with E-state index in [4.69, 9.17) is 5.73 Å². The van der Waals surface area contributed by atoms with Gasteiger partial charge in [0.25, 0.3) is 0 Å². The lowest BCUT2D eigenvalue weighted by atomic mass is 9.89. The Kier molecular flexibility index (Phi) is 4.30. The van der Waals surface area contributed by atoms with E-state index in [-0.39, 0.29) is 5.75 Å². The van der Waals surface area contributed by atoms with E-state index in [1.165, 1.54) is 35.0 Å². The van der Waals surface area contributed by atoms with Gasteiger partial charge in [0.1, 0.15) is 16.2 Å². The molecule has 116 valence electrons. The minimum Gasteiger partial charge on any atom is -0.351 e. The molecule has 1 atom stereocenters. The lowest BCUT2D eigenvalue weighted by Crippen LogP contribution is -2.36. The molecule has 0 aromatic carbocycles. The Hall–Kier alpha value is -1.67. The number of nitrogens with one attached hydrogen (secondary N) is 1. The lowest BCUT2D eigenvalue weighted by Gasteiger charge is -2.18. The molecule has 3 amide bonds. The number of hydrogen-bond acceptors (Lipinski definition) is 6. The summed E-state index contributed by atoms with van der Waals surface area (Å²) in [6.45, 7) is 2.27. The Morgan fingerprint density at radius 2 is 2.32 bits per heavy atom. The highest BCUT2D eigenvalue weighted by molar-refractivity contribution is 8.00. The van der Waals surface area contributed by atoms with Gasteiger partial charge in [-0.1, -0.05) is 18.7 Å². The van der Waals surface area contributed by atoms with E-state index in [1.807, 2.05) is 0 Å². The largest absolute Gasteiger partial charge is 0.351 e. The van der Waals surface area contributed by atoms with Crippen molar-refractivity contribution < 1.29 is 9.59 Å². The summed E-state index contributed by atoms with van der Waals surface area (Å²) >= 11 is 3.04. The summed E-state index contributed by atoms with van der Waals surface area (Å²) in [6, 6.07) is -0.833. The first-order valence-electron chi connectivity index (χ1n) is 7.02. The maximum atomic E-state index is 11.6. The molecule has 22 heavy (non-hydrogen) atoms. The maximum Gasteiger partial charge on any atom is 0.318 e. The van der Waals surface area contributed by atoms with Crippen LogP contribution >= 0.6 is 23.1 Å². The Labute approximate surface area is 135 Å². The summed E-state index contributed by atoms with van der Waals surface area (Å²) in [5, 5.41) is 3.94. The first-order valence-corrected chi connectivity index (χ1v) is 8.82. The molecule has 3 N–H and O–H groups in total. The number of aromatic nitrogens is 2. The number of rotatable bonds is 3. The van der Waals surface area contributed by atoms with Crippen molar-refractivity contribution in [2.45, 2.75) is 31.2 Å². The van der Waals surface area contributed by atoms with Crippen molar-refractivity contribution in [3.8, 4) is 0 Å². The summed E-state index contributed by atoms with van der Waals surface area (Å²) in [4.78, 5) is 33.3. The number of hydrogen-bond donors (Lipinski definition) is 2. The van der Waals surface area contributed by atoms with Crippen molar-refractivity contribution in [2.24, 2.45) is 11.7 Å². The van der Waals surface area contributed by atoms with Crippen molar-refractivity contribution >= 4 is 45.3 Å². The van der Waals surface area contributed by atoms with Gasteiger partial charge >= 0.3 is 6.03 Å². The number of thiophene rings is 1. The zero-order valence-corrected chi connectivity index (χ0v) is 13.7. The molecule has 3 rings (SSSR count). The molecule has 0 unspecified atom stereocenters. The molecular weight excluding hydrogens is 320 g/mol. The molecule has 0 fully saturated rings. The van der Waals surface area contributed by atoms with Crippen LogP contribution in [0.5, 0.6) is 0 Å². The van der Waals surface area contributed by atoms with Crippen LogP contribution in [0.25, 0.3) is 10.2 Å². The fourth-order valence-corrected chi connectivity index (χ4v) is 4.90. The van der Waals surface area contributed by atoms with Crippen LogP contribution < -0.4 is 11.1 Å². The molecule has 1 aliphatic rings. The summed E-state index contributed by atoms with van der Waals surface area (Å²) in [6.07, 6.45) is 4.82. The second kappa shape index (κ2) is 6.21. The van der Waals surface area contributed by atoms with Crippen LogP contribution in [0.2, 0.25) is 0 Å². The van der Waals surface area contributed by atoms with Gasteiger partial charge in [-0.3, -0.25) is 10.1 Å². The van der Waals surface area contributed by atoms with Crippen molar-refractivity contribution in [3.05, 3.63) is 16.8 Å². The van der Waals surface area contributed by atoms with Crippen LogP contribution in [0.15, 0.2) is 11.4 Å². The third kappa shape index (κ3) is 3.07. The highest BCUT2D eigenvalue weighted by Gasteiger charge is 2.23. The van der Waals surface area contributed by atoms with Gasteiger partial charge in [0.05, 0.1) is 5.75 Å². The number of nitrogens with zero attached hydrogens (tertiary/aromatic N) is 2. The second-order valence-electron chi connectivity index (χ2n) is 5.41. The van der Waals surface area contributed by atoms with Crippen LogP contribution in [0.3, 0.4) is 0 Å².